The maximum Gasteiger partial charge on any atom is 0.325 e. The van der Waals surface area contributed by atoms with Crippen molar-refractivity contribution < 1.29 is 14.3 Å². The molecule has 0 saturated heterocycles. The van der Waals surface area contributed by atoms with Crippen LogP contribution in [0.3, 0.4) is 0 Å². The van der Waals surface area contributed by atoms with Crippen molar-refractivity contribution >= 4 is 23.4 Å². The third kappa shape index (κ3) is 3.47. The Hall–Kier alpha value is -1.56. The Morgan fingerprint density at radius 3 is 2.89 bits per heavy atom. The third-order valence-corrected chi connectivity index (χ3v) is 3.02. The molecule has 0 atom stereocenters. The summed E-state index contributed by atoms with van der Waals surface area (Å²) in [7, 11) is 1.49. The van der Waals surface area contributed by atoms with E-state index >= 15 is 0 Å². The molecule has 7 heteroatoms. The number of carbonyl (C=O) groups is 1. The van der Waals surface area contributed by atoms with Gasteiger partial charge in [0.2, 0.25) is 0 Å². The van der Waals surface area contributed by atoms with Gasteiger partial charge in [-0.05, 0) is 19.8 Å². The lowest BCUT2D eigenvalue weighted by molar-refractivity contribution is -0.141. The highest BCUT2D eigenvalue weighted by atomic mass is 35.5. The van der Waals surface area contributed by atoms with Gasteiger partial charge >= 0.3 is 12.0 Å². The summed E-state index contributed by atoms with van der Waals surface area (Å²) in [5, 5.41) is 0.400. The van der Waals surface area contributed by atoms with Gasteiger partial charge < -0.3 is 14.4 Å². The first-order valence-corrected chi connectivity index (χ1v) is 6.52. The molecule has 0 amide bonds. The normalized spacial score (nSPS) is 14.1. The number of hydrogen-bond acceptors (Lipinski definition) is 6. The van der Waals surface area contributed by atoms with Crippen molar-refractivity contribution in [3.05, 3.63) is 11.2 Å². The molecule has 2 rings (SSSR count). The molecule has 1 saturated carbocycles. The summed E-state index contributed by atoms with van der Waals surface area (Å²) in [5.41, 5.74) is 0. The topological polar surface area (TPSA) is 64.5 Å². The SMILES string of the molecule is CCOC(=O)CN(c1nc(OC)ncc1Cl)C1CC1. The smallest absolute Gasteiger partial charge is 0.325 e. The molecule has 6 nitrogen and oxygen atoms in total. The van der Waals surface area contributed by atoms with E-state index in [2.05, 4.69) is 9.97 Å². The van der Waals surface area contributed by atoms with E-state index in [9.17, 15) is 4.79 Å². The highest BCUT2D eigenvalue weighted by Gasteiger charge is 2.33. The fourth-order valence-corrected chi connectivity index (χ4v) is 1.95. The summed E-state index contributed by atoms with van der Waals surface area (Å²) >= 11 is 6.11. The molecule has 0 aromatic carbocycles. The Bertz CT molecular complexity index is 466. The van der Waals surface area contributed by atoms with Crippen LogP contribution in [0.25, 0.3) is 0 Å². The predicted molar refractivity (Wildman–Crippen MR) is 70.6 cm³/mol. The summed E-state index contributed by atoms with van der Waals surface area (Å²) in [6.45, 7) is 2.27. The van der Waals surface area contributed by atoms with Crippen molar-refractivity contribution in [2.45, 2.75) is 25.8 Å². The Labute approximate surface area is 116 Å². The molecule has 1 heterocycles. The molecule has 1 aromatic heterocycles. The average molecular weight is 286 g/mol. The van der Waals surface area contributed by atoms with E-state index < -0.39 is 0 Å². The second kappa shape index (κ2) is 6.06. The quantitative estimate of drug-likeness (QED) is 0.741. The van der Waals surface area contributed by atoms with E-state index in [0.29, 0.717) is 17.4 Å². The Balaban J connectivity index is 2.21. The first kappa shape index (κ1) is 13.9. The van der Waals surface area contributed by atoms with E-state index in [-0.39, 0.29) is 24.6 Å². The van der Waals surface area contributed by atoms with Gasteiger partial charge in [-0.15, -0.1) is 0 Å². The highest BCUT2D eigenvalue weighted by Crippen LogP contribution is 2.34. The summed E-state index contributed by atoms with van der Waals surface area (Å²) in [6.07, 6.45) is 3.51. The molecule has 0 radical (unpaired) electrons. The van der Waals surface area contributed by atoms with Crippen LogP contribution < -0.4 is 9.64 Å². The standard InChI is InChI=1S/C12H16ClN3O3/c1-3-19-10(17)7-16(8-4-5-8)11-9(13)6-14-12(15-11)18-2/h6,8H,3-5,7H2,1-2H3. The van der Waals surface area contributed by atoms with Crippen molar-refractivity contribution in [1.82, 2.24) is 9.97 Å². The molecule has 0 aliphatic heterocycles. The second-order valence-electron chi connectivity index (χ2n) is 4.19. The Kier molecular flexibility index (Phi) is 4.42. The van der Waals surface area contributed by atoms with E-state index in [1.165, 1.54) is 13.3 Å². The van der Waals surface area contributed by atoms with Gasteiger partial charge in [-0.25, -0.2) is 4.98 Å². The minimum atomic E-state index is -0.289. The minimum absolute atomic E-state index is 0.137. The van der Waals surface area contributed by atoms with Gasteiger partial charge in [-0.2, -0.15) is 4.98 Å². The first-order chi connectivity index (χ1) is 9.15. The van der Waals surface area contributed by atoms with Crippen molar-refractivity contribution in [1.29, 1.82) is 0 Å². The molecule has 104 valence electrons. The van der Waals surface area contributed by atoms with Crippen LogP contribution in [-0.4, -0.2) is 42.2 Å². The molecular weight excluding hydrogens is 270 g/mol. The minimum Gasteiger partial charge on any atom is -0.467 e. The molecular formula is C12H16ClN3O3. The number of methoxy groups -OCH3 is 1. The lowest BCUT2D eigenvalue weighted by Gasteiger charge is -2.23. The fourth-order valence-electron chi connectivity index (χ4n) is 1.75. The maximum absolute atomic E-state index is 11.6. The average Bonchev–Trinajstić information content (AvgIpc) is 3.21. The van der Waals surface area contributed by atoms with E-state index in [1.54, 1.807) is 6.92 Å². The predicted octanol–water partition coefficient (Wildman–Crippen LogP) is 1.67. The van der Waals surface area contributed by atoms with Gasteiger partial charge in [0.05, 0.1) is 19.9 Å². The molecule has 0 N–H and O–H groups in total. The number of rotatable bonds is 6. The monoisotopic (exact) mass is 285 g/mol. The summed E-state index contributed by atoms with van der Waals surface area (Å²) in [4.78, 5) is 21.6. The Morgan fingerprint density at radius 1 is 1.58 bits per heavy atom. The van der Waals surface area contributed by atoms with E-state index in [0.717, 1.165) is 12.8 Å². The zero-order chi connectivity index (χ0) is 13.8. The van der Waals surface area contributed by atoms with Crippen LogP contribution in [0.5, 0.6) is 6.01 Å². The van der Waals surface area contributed by atoms with Crippen LogP contribution >= 0.6 is 11.6 Å². The van der Waals surface area contributed by atoms with Crippen molar-refractivity contribution in [2.24, 2.45) is 0 Å². The summed E-state index contributed by atoms with van der Waals surface area (Å²) in [6, 6.07) is 0.510. The number of carbonyl (C=O) groups excluding carboxylic acids is 1. The number of hydrogen-bond donors (Lipinski definition) is 0. The van der Waals surface area contributed by atoms with Crippen molar-refractivity contribution in [3.63, 3.8) is 0 Å². The maximum atomic E-state index is 11.6. The lowest BCUT2D eigenvalue weighted by Crippen LogP contribution is -2.34. The largest absolute Gasteiger partial charge is 0.467 e. The fraction of sp³-hybridized carbons (Fsp3) is 0.583. The molecule has 1 aliphatic rings. The van der Waals surface area contributed by atoms with Crippen LogP contribution in [0.15, 0.2) is 6.20 Å². The summed E-state index contributed by atoms with van der Waals surface area (Å²) in [5.74, 6) is 0.229. The number of esters is 1. The zero-order valence-corrected chi connectivity index (χ0v) is 11.7. The molecule has 0 unspecified atom stereocenters. The third-order valence-electron chi connectivity index (χ3n) is 2.75. The molecule has 1 fully saturated rings. The van der Waals surface area contributed by atoms with Gasteiger partial charge in [-0.1, -0.05) is 11.6 Å². The van der Waals surface area contributed by atoms with Gasteiger partial charge in [0.25, 0.3) is 0 Å². The number of anilines is 1. The zero-order valence-electron chi connectivity index (χ0n) is 10.9. The Morgan fingerprint density at radius 2 is 2.32 bits per heavy atom. The van der Waals surface area contributed by atoms with Crippen molar-refractivity contribution in [3.8, 4) is 6.01 Å². The number of halogens is 1. The number of aromatic nitrogens is 2. The number of nitrogens with zero attached hydrogens (tertiary/aromatic N) is 3. The molecule has 0 spiro atoms. The number of ether oxygens (including phenoxy) is 2. The molecule has 1 aromatic rings. The summed E-state index contributed by atoms with van der Waals surface area (Å²) < 4.78 is 9.96. The van der Waals surface area contributed by atoms with Crippen molar-refractivity contribution in [2.75, 3.05) is 25.2 Å². The van der Waals surface area contributed by atoms with Crippen LogP contribution in [0.2, 0.25) is 5.02 Å². The van der Waals surface area contributed by atoms with Gasteiger partial charge in [0, 0.05) is 6.04 Å². The van der Waals surface area contributed by atoms with Gasteiger partial charge in [-0.3, -0.25) is 4.79 Å². The van der Waals surface area contributed by atoms with E-state index in [4.69, 9.17) is 21.1 Å². The van der Waals surface area contributed by atoms with Crippen LogP contribution in [0.1, 0.15) is 19.8 Å². The molecule has 19 heavy (non-hydrogen) atoms. The van der Waals surface area contributed by atoms with Gasteiger partial charge in [0.1, 0.15) is 11.6 Å². The first-order valence-electron chi connectivity index (χ1n) is 6.14. The molecule has 0 bridgehead atoms. The second-order valence-corrected chi connectivity index (χ2v) is 4.60. The van der Waals surface area contributed by atoms with E-state index in [1.807, 2.05) is 4.90 Å². The van der Waals surface area contributed by atoms with Crippen LogP contribution in [0, 0.1) is 0 Å². The molecule has 1 aliphatic carbocycles. The highest BCUT2D eigenvalue weighted by molar-refractivity contribution is 6.32. The van der Waals surface area contributed by atoms with Gasteiger partial charge in [0.15, 0.2) is 5.82 Å². The van der Waals surface area contributed by atoms with Crippen LogP contribution in [-0.2, 0) is 9.53 Å². The van der Waals surface area contributed by atoms with Crippen LogP contribution in [0.4, 0.5) is 5.82 Å². The lowest BCUT2D eigenvalue weighted by atomic mass is 10.4.